The van der Waals surface area contributed by atoms with Crippen molar-refractivity contribution in [3.8, 4) is 0 Å². The zero-order chi connectivity index (χ0) is 15.1. The molecule has 0 aromatic rings. The van der Waals surface area contributed by atoms with E-state index in [4.69, 9.17) is 4.74 Å². The highest BCUT2D eigenvalue weighted by molar-refractivity contribution is 5.74. The molecular weight excluding hydrogens is 266 g/mol. The first kappa shape index (κ1) is 16.6. The van der Waals surface area contributed by atoms with E-state index in [1.54, 1.807) is 0 Å². The van der Waals surface area contributed by atoms with Crippen molar-refractivity contribution in [1.29, 1.82) is 0 Å². The zero-order valence-corrected chi connectivity index (χ0v) is 13.6. The van der Waals surface area contributed by atoms with Crippen LogP contribution >= 0.6 is 0 Å². The molecule has 2 amide bonds. The van der Waals surface area contributed by atoms with E-state index < -0.39 is 0 Å². The molecule has 1 saturated heterocycles. The van der Waals surface area contributed by atoms with Gasteiger partial charge >= 0.3 is 6.03 Å². The summed E-state index contributed by atoms with van der Waals surface area (Å²) in [5.41, 5.74) is 0. The molecule has 1 aliphatic heterocycles. The van der Waals surface area contributed by atoms with Gasteiger partial charge < -0.3 is 20.3 Å². The Hall–Kier alpha value is -0.810. The second-order valence-corrected chi connectivity index (χ2v) is 6.66. The summed E-state index contributed by atoms with van der Waals surface area (Å²) in [5.74, 6) is 0. The highest BCUT2D eigenvalue weighted by atomic mass is 16.5. The molecule has 5 heteroatoms. The van der Waals surface area contributed by atoms with E-state index in [1.807, 2.05) is 0 Å². The number of hydrogen-bond acceptors (Lipinski definition) is 3. The first-order valence-electron chi connectivity index (χ1n) is 8.47. The Balaban J connectivity index is 1.51. The maximum atomic E-state index is 11.9. The third-order valence-corrected chi connectivity index (χ3v) is 4.73. The summed E-state index contributed by atoms with van der Waals surface area (Å²) in [4.78, 5) is 14.1. The summed E-state index contributed by atoms with van der Waals surface area (Å²) in [7, 11) is 4.22. The van der Waals surface area contributed by atoms with E-state index in [0.29, 0.717) is 18.2 Å². The number of ether oxygens (including phenoxy) is 1. The van der Waals surface area contributed by atoms with E-state index >= 15 is 0 Å². The zero-order valence-electron chi connectivity index (χ0n) is 13.6. The summed E-state index contributed by atoms with van der Waals surface area (Å²) in [5, 5.41) is 6.07. The molecule has 0 radical (unpaired) electrons. The Morgan fingerprint density at radius 2 is 2.10 bits per heavy atom. The number of hydrogen-bond donors (Lipinski definition) is 2. The Morgan fingerprint density at radius 3 is 2.76 bits per heavy atom. The molecule has 2 aliphatic rings. The van der Waals surface area contributed by atoms with E-state index in [0.717, 1.165) is 38.8 Å². The lowest BCUT2D eigenvalue weighted by molar-refractivity contribution is 0.0103. The van der Waals surface area contributed by atoms with Crippen molar-refractivity contribution in [2.75, 3.05) is 27.2 Å². The summed E-state index contributed by atoms with van der Waals surface area (Å²) < 4.78 is 5.69. The highest BCUT2D eigenvalue weighted by Gasteiger charge is 2.26. The molecule has 0 aromatic heterocycles. The van der Waals surface area contributed by atoms with E-state index in [1.165, 1.54) is 25.7 Å². The van der Waals surface area contributed by atoms with Gasteiger partial charge in [0.25, 0.3) is 0 Å². The van der Waals surface area contributed by atoms with Crippen LogP contribution in [0.4, 0.5) is 4.79 Å². The van der Waals surface area contributed by atoms with Crippen molar-refractivity contribution in [2.24, 2.45) is 0 Å². The van der Waals surface area contributed by atoms with Crippen LogP contribution in [0.25, 0.3) is 0 Å². The van der Waals surface area contributed by atoms with Gasteiger partial charge in [-0.2, -0.15) is 0 Å². The van der Waals surface area contributed by atoms with Crippen LogP contribution < -0.4 is 10.6 Å². The molecule has 3 atom stereocenters. The summed E-state index contributed by atoms with van der Waals surface area (Å²) >= 11 is 0. The van der Waals surface area contributed by atoms with Gasteiger partial charge in [0.05, 0.1) is 6.10 Å². The number of nitrogens with one attached hydrogen (secondary N) is 2. The van der Waals surface area contributed by atoms with Crippen LogP contribution in [0.5, 0.6) is 0 Å². The SMILES string of the molecule is CN(C)[C@@H]1CC[C@@H](NC(=O)NCCC[C@@H]2CCCCO2)C1. The van der Waals surface area contributed by atoms with Gasteiger partial charge in [-0.25, -0.2) is 4.79 Å². The fraction of sp³-hybridized carbons (Fsp3) is 0.938. The average Bonchev–Trinajstić information content (AvgIpc) is 2.93. The topological polar surface area (TPSA) is 53.6 Å². The minimum absolute atomic E-state index is 0.0102. The lowest BCUT2D eigenvalue weighted by Gasteiger charge is -2.22. The van der Waals surface area contributed by atoms with Gasteiger partial charge in [-0.1, -0.05) is 0 Å². The fourth-order valence-corrected chi connectivity index (χ4v) is 3.36. The van der Waals surface area contributed by atoms with Crippen LogP contribution in [0, 0.1) is 0 Å². The van der Waals surface area contributed by atoms with Crippen molar-refractivity contribution in [2.45, 2.75) is 69.6 Å². The number of carbonyl (C=O) groups is 1. The normalized spacial score (nSPS) is 29.6. The second kappa shape index (κ2) is 8.59. The van der Waals surface area contributed by atoms with Crippen LogP contribution in [-0.4, -0.2) is 56.4 Å². The molecule has 21 heavy (non-hydrogen) atoms. The Morgan fingerprint density at radius 1 is 1.24 bits per heavy atom. The fourth-order valence-electron chi connectivity index (χ4n) is 3.36. The second-order valence-electron chi connectivity index (χ2n) is 6.66. The van der Waals surface area contributed by atoms with Gasteiger partial charge in [0.1, 0.15) is 0 Å². The van der Waals surface area contributed by atoms with Crippen LogP contribution in [0.2, 0.25) is 0 Å². The molecule has 2 N–H and O–H groups in total. The first-order chi connectivity index (χ1) is 10.1. The van der Waals surface area contributed by atoms with Crippen molar-refractivity contribution >= 4 is 6.03 Å². The standard InChI is InChI=1S/C16H31N3O2/c1-19(2)14-9-8-13(12-14)18-16(20)17-10-5-7-15-6-3-4-11-21-15/h13-15H,3-12H2,1-2H3,(H2,17,18,20)/t13-,14-,15+/m1/s1. The van der Waals surface area contributed by atoms with E-state index in [-0.39, 0.29) is 6.03 Å². The molecule has 5 nitrogen and oxygen atoms in total. The third-order valence-electron chi connectivity index (χ3n) is 4.73. The smallest absolute Gasteiger partial charge is 0.315 e. The number of urea groups is 1. The van der Waals surface area contributed by atoms with Gasteiger partial charge in [0, 0.05) is 25.2 Å². The predicted molar refractivity (Wildman–Crippen MR) is 84.5 cm³/mol. The summed E-state index contributed by atoms with van der Waals surface area (Å²) in [6.45, 7) is 1.66. The minimum atomic E-state index is -0.0102. The molecule has 0 aromatic carbocycles. The molecule has 1 saturated carbocycles. The van der Waals surface area contributed by atoms with E-state index in [2.05, 4.69) is 29.6 Å². The highest BCUT2D eigenvalue weighted by Crippen LogP contribution is 2.22. The Bertz CT molecular complexity index is 317. The molecule has 2 fully saturated rings. The summed E-state index contributed by atoms with van der Waals surface area (Å²) in [6.07, 6.45) is 9.48. The maximum Gasteiger partial charge on any atom is 0.315 e. The van der Waals surface area contributed by atoms with Gasteiger partial charge in [-0.05, 0) is 65.5 Å². The van der Waals surface area contributed by atoms with Crippen LogP contribution in [-0.2, 0) is 4.74 Å². The lowest BCUT2D eigenvalue weighted by Crippen LogP contribution is -2.42. The largest absolute Gasteiger partial charge is 0.378 e. The minimum Gasteiger partial charge on any atom is -0.378 e. The number of amides is 2. The van der Waals surface area contributed by atoms with Gasteiger partial charge in [-0.15, -0.1) is 0 Å². The van der Waals surface area contributed by atoms with Gasteiger partial charge in [0.2, 0.25) is 0 Å². The number of nitrogens with zero attached hydrogens (tertiary/aromatic N) is 1. The van der Waals surface area contributed by atoms with Gasteiger partial charge in [0.15, 0.2) is 0 Å². The number of rotatable bonds is 6. The molecule has 2 rings (SSSR count). The van der Waals surface area contributed by atoms with Crippen LogP contribution in [0.15, 0.2) is 0 Å². The molecule has 0 spiro atoms. The van der Waals surface area contributed by atoms with Crippen molar-refractivity contribution < 1.29 is 9.53 Å². The van der Waals surface area contributed by atoms with E-state index in [9.17, 15) is 4.79 Å². The number of carbonyl (C=O) groups excluding carboxylic acids is 1. The monoisotopic (exact) mass is 297 g/mol. The van der Waals surface area contributed by atoms with Crippen molar-refractivity contribution in [1.82, 2.24) is 15.5 Å². The van der Waals surface area contributed by atoms with Crippen LogP contribution in [0.3, 0.4) is 0 Å². The maximum absolute atomic E-state index is 11.9. The Labute approximate surface area is 128 Å². The molecule has 122 valence electrons. The molecule has 1 heterocycles. The first-order valence-corrected chi connectivity index (χ1v) is 8.47. The third kappa shape index (κ3) is 5.83. The summed E-state index contributed by atoms with van der Waals surface area (Å²) in [6, 6.07) is 0.932. The predicted octanol–water partition coefficient (Wildman–Crippen LogP) is 2.12. The van der Waals surface area contributed by atoms with Crippen molar-refractivity contribution in [3.63, 3.8) is 0 Å². The molecule has 0 bridgehead atoms. The molecular formula is C16H31N3O2. The molecule has 0 unspecified atom stereocenters. The quantitative estimate of drug-likeness (QED) is 0.738. The van der Waals surface area contributed by atoms with Crippen LogP contribution in [0.1, 0.15) is 51.4 Å². The van der Waals surface area contributed by atoms with Gasteiger partial charge in [-0.3, -0.25) is 0 Å². The Kier molecular flexibility index (Phi) is 6.77. The van der Waals surface area contributed by atoms with Crippen molar-refractivity contribution in [3.05, 3.63) is 0 Å². The molecule has 1 aliphatic carbocycles. The lowest BCUT2D eigenvalue weighted by atomic mass is 10.0. The average molecular weight is 297 g/mol.